The zero-order chi connectivity index (χ0) is 27.6. The Kier molecular flexibility index (Phi) is 8.20. The molecule has 3 aromatic rings. The molecule has 0 spiro atoms. The van der Waals surface area contributed by atoms with Gasteiger partial charge in [-0.15, -0.1) is 0 Å². The lowest BCUT2D eigenvalue weighted by Crippen LogP contribution is -2.40. The SMILES string of the molecule is C=CCOC(=O)C1=C(C)N=c2s/c(=C\c3ccc(Cl)c(Cl)c3)c(=O)n2C1c1ccc(OC(C)=O)c(OC)c1. The molecule has 2 aromatic carbocycles. The predicted octanol–water partition coefficient (Wildman–Crippen LogP) is 4.21. The highest BCUT2D eigenvalue weighted by atomic mass is 35.5. The van der Waals surface area contributed by atoms with Gasteiger partial charge in [-0.25, -0.2) is 9.79 Å². The Labute approximate surface area is 231 Å². The van der Waals surface area contributed by atoms with Crippen LogP contribution in [0.1, 0.15) is 31.0 Å². The van der Waals surface area contributed by atoms with Crippen LogP contribution in [0.25, 0.3) is 6.08 Å². The molecular formula is C27H22Cl2N2O6S. The Morgan fingerprint density at radius 2 is 1.92 bits per heavy atom. The Bertz CT molecular complexity index is 1670. The molecule has 1 atom stereocenters. The van der Waals surface area contributed by atoms with E-state index in [4.69, 9.17) is 37.4 Å². The van der Waals surface area contributed by atoms with Crippen molar-refractivity contribution in [3.63, 3.8) is 0 Å². The number of halogens is 2. The minimum absolute atomic E-state index is 0.0151. The average Bonchev–Trinajstić information content (AvgIpc) is 3.18. The van der Waals surface area contributed by atoms with Crippen LogP contribution in [0.15, 0.2) is 70.1 Å². The summed E-state index contributed by atoms with van der Waals surface area (Å²) in [6.07, 6.45) is 3.13. The second-order valence-corrected chi connectivity index (χ2v) is 9.97. The maximum atomic E-state index is 13.7. The lowest BCUT2D eigenvalue weighted by Gasteiger charge is -2.25. The zero-order valence-corrected chi connectivity index (χ0v) is 22.9. The molecule has 8 nitrogen and oxygen atoms in total. The molecule has 0 fully saturated rings. The molecule has 1 unspecified atom stereocenters. The number of carbonyl (C=O) groups excluding carboxylic acids is 2. The van der Waals surface area contributed by atoms with Crippen molar-refractivity contribution in [3.05, 3.63) is 101 Å². The van der Waals surface area contributed by atoms with E-state index in [2.05, 4.69) is 11.6 Å². The molecule has 0 radical (unpaired) electrons. The first-order valence-electron chi connectivity index (χ1n) is 11.3. The number of benzene rings is 2. The molecule has 0 bridgehead atoms. The fourth-order valence-electron chi connectivity index (χ4n) is 3.96. The Morgan fingerprint density at radius 1 is 1.16 bits per heavy atom. The number of ether oxygens (including phenoxy) is 3. The molecule has 196 valence electrons. The standard InChI is InChI=1S/C27H22Cl2N2O6S/c1-5-10-36-26(34)23-14(2)30-27-31(24(23)17-7-9-20(37-15(3)32)21(13-17)35-4)25(33)22(38-27)12-16-6-8-18(28)19(29)11-16/h5-9,11-13,24H,1,10H2,2-4H3/b22-12-. The van der Waals surface area contributed by atoms with Crippen molar-refractivity contribution in [1.82, 2.24) is 4.57 Å². The number of methoxy groups -OCH3 is 1. The second kappa shape index (κ2) is 11.4. The zero-order valence-electron chi connectivity index (χ0n) is 20.6. The van der Waals surface area contributed by atoms with Gasteiger partial charge in [-0.1, -0.05) is 59.3 Å². The van der Waals surface area contributed by atoms with Crippen molar-refractivity contribution in [2.45, 2.75) is 19.9 Å². The minimum atomic E-state index is -0.889. The van der Waals surface area contributed by atoms with E-state index in [0.29, 0.717) is 36.2 Å². The molecule has 0 amide bonds. The first kappa shape index (κ1) is 27.4. The highest BCUT2D eigenvalue weighted by Gasteiger charge is 2.34. The van der Waals surface area contributed by atoms with Crippen LogP contribution in [0, 0.1) is 0 Å². The van der Waals surface area contributed by atoms with E-state index < -0.39 is 18.0 Å². The molecule has 38 heavy (non-hydrogen) atoms. The maximum Gasteiger partial charge on any atom is 0.338 e. The summed E-state index contributed by atoms with van der Waals surface area (Å²) in [5.41, 5.74) is 1.42. The number of thiazole rings is 1. The van der Waals surface area contributed by atoms with E-state index in [9.17, 15) is 14.4 Å². The molecule has 1 aliphatic heterocycles. The molecule has 0 N–H and O–H groups in total. The highest BCUT2D eigenvalue weighted by Crippen LogP contribution is 2.36. The number of carbonyl (C=O) groups is 2. The van der Waals surface area contributed by atoms with Crippen molar-refractivity contribution in [3.8, 4) is 11.5 Å². The molecule has 1 aliphatic rings. The Balaban J connectivity index is 1.94. The molecule has 1 aromatic heterocycles. The first-order chi connectivity index (χ1) is 18.1. The lowest BCUT2D eigenvalue weighted by molar-refractivity contribution is -0.138. The van der Waals surface area contributed by atoms with Crippen molar-refractivity contribution >= 4 is 52.6 Å². The third-order valence-corrected chi connectivity index (χ3v) is 7.29. The summed E-state index contributed by atoms with van der Waals surface area (Å²) < 4.78 is 17.8. The van der Waals surface area contributed by atoms with Crippen molar-refractivity contribution < 1.29 is 23.8 Å². The third kappa shape index (κ3) is 5.45. The lowest BCUT2D eigenvalue weighted by atomic mass is 9.95. The summed E-state index contributed by atoms with van der Waals surface area (Å²) in [5.74, 6) is -0.704. The van der Waals surface area contributed by atoms with Gasteiger partial charge in [0.1, 0.15) is 6.61 Å². The van der Waals surface area contributed by atoms with Crippen LogP contribution in [-0.2, 0) is 14.3 Å². The second-order valence-electron chi connectivity index (χ2n) is 8.15. The topological polar surface area (TPSA) is 96.2 Å². The Morgan fingerprint density at radius 3 is 2.58 bits per heavy atom. The van der Waals surface area contributed by atoms with E-state index in [1.807, 2.05) is 0 Å². The van der Waals surface area contributed by atoms with Gasteiger partial charge in [0.05, 0.1) is 39.0 Å². The summed E-state index contributed by atoms with van der Waals surface area (Å²) >= 11 is 13.4. The van der Waals surface area contributed by atoms with Crippen LogP contribution >= 0.6 is 34.5 Å². The van der Waals surface area contributed by atoms with Crippen LogP contribution in [0.4, 0.5) is 0 Å². The number of hydrogen-bond acceptors (Lipinski definition) is 8. The smallest absolute Gasteiger partial charge is 0.338 e. The molecule has 2 heterocycles. The summed E-state index contributed by atoms with van der Waals surface area (Å²) in [6, 6.07) is 8.96. The summed E-state index contributed by atoms with van der Waals surface area (Å²) in [7, 11) is 1.43. The number of esters is 2. The molecule has 4 rings (SSSR count). The molecule has 0 saturated carbocycles. The van der Waals surface area contributed by atoms with Crippen LogP contribution in [0.5, 0.6) is 11.5 Å². The van der Waals surface area contributed by atoms with E-state index >= 15 is 0 Å². The van der Waals surface area contributed by atoms with Crippen molar-refractivity contribution in [1.29, 1.82) is 0 Å². The number of rotatable bonds is 7. The van der Waals surface area contributed by atoms with Gasteiger partial charge in [0.2, 0.25) is 0 Å². The largest absolute Gasteiger partial charge is 0.493 e. The minimum Gasteiger partial charge on any atom is -0.493 e. The summed E-state index contributed by atoms with van der Waals surface area (Å²) in [5, 5.41) is 0.754. The first-order valence-corrected chi connectivity index (χ1v) is 12.8. The van der Waals surface area contributed by atoms with E-state index in [1.54, 1.807) is 49.4 Å². The van der Waals surface area contributed by atoms with Gasteiger partial charge in [0, 0.05) is 6.92 Å². The fourth-order valence-corrected chi connectivity index (χ4v) is 5.31. The monoisotopic (exact) mass is 572 g/mol. The normalized spacial score (nSPS) is 15.0. The maximum absolute atomic E-state index is 13.7. The molecule has 11 heteroatoms. The van der Waals surface area contributed by atoms with Gasteiger partial charge >= 0.3 is 11.9 Å². The van der Waals surface area contributed by atoms with Crippen LogP contribution in [0.2, 0.25) is 10.0 Å². The molecule has 0 saturated heterocycles. The van der Waals surface area contributed by atoms with Crippen LogP contribution < -0.4 is 24.4 Å². The number of fused-ring (bicyclic) bond motifs is 1. The van der Waals surface area contributed by atoms with Crippen LogP contribution in [0.3, 0.4) is 0 Å². The summed E-state index contributed by atoms with van der Waals surface area (Å²) in [4.78, 5) is 43.4. The van der Waals surface area contributed by atoms with Gasteiger partial charge in [0.25, 0.3) is 5.56 Å². The van der Waals surface area contributed by atoms with Gasteiger partial charge in [0.15, 0.2) is 16.3 Å². The number of nitrogens with zero attached hydrogens (tertiary/aromatic N) is 2. The summed E-state index contributed by atoms with van der Waals surface area (Å²) in [6.45, 7) is 6.52. The average molecular weight is 573 g/mol. The predicted molar refractivity (Wildman–Crippen MR) is 146 cm³/mol. The van der Waals surface area contributed by atoms with Gasteiger partial charge in [-0.05, 0) is 48.4 Å². The van der Waals surface area contributed by atoms with Gasteiger partial charge in [-0.2, -0.15) is 0 Å². The quantitative estimate of drug-likeness (QED) is 0.239. The van der Waals surface area contributed by atoms with Crippen molar-refractivity contribution in [2.24, 2.45) is 4.99 Å². The Hall–Kier alpha value is -3.66. The van der Waals surface area contributed by atoms with Gasteiger partial charge in [-0.3, -0.25) is 14.2 Å². The number of aromatic nitrogens is 1. The van der Waals surface area contributed by atoms with E-state index in [0.717, 1.165) is 0 Å². The van der Waals surface area contributed by atoms with Crippen LogP contribution in [-0.4, -0.2) is 30.2 Å². The van der Waals surface area contributed by atoms with Gasteiger partial charge < -0.3 is 14.2 Å². The van der Waals surface area contributed by atoms with Crippen molar-refractivity contribution in [2.75, 3.05) is 13.7 Å². The molecular weight excluding hydrogens is 551 g/mol. The highest BCUT2D eigenvalue weighted by molar-refractivity contribution is 7.07. The van der Waals surface area contributed by atoms with E-state index in [-0.39, 0.29) is 29.2 Å². The molecule has 0 aliphatic carbocycles. The number of allylic oxidation sites excluding steroid dienone is 1. The number of hydrogen-bond donors (Lipinski definition) is 0. The third-order valence-electron chi connectivity index (χ3n) is 5.57. The fraction of sp³-hybridized carbons (Fsp3) is 0.185. The van der Waals surface area contributed by atoms with E-state index in [1.165, 1.54) is 36.0 Å².